The molecular weight excluding hydrogens is 620 g/mol. The number of ether oxygens (including phenoxy) is 3. The number of nitrogens with zero attached hydrogens (tertiary/aromatic N) is 4. The van der Waals surface area contributed by atoms with E-state index in [-0.39, 0.29) is 17.4 Å². The van der Waals surface area contributed by atoms with E-state index in [9.17, 15) is 14.1 Å². The molecule has 1 atom stereocenters. The Kier molecular flexibility index (Phi) is 11.1. The molecule has 0 aliphatic carbocycles. The second kappa shape index (κ2) is 14.7. The van der Waals surface area contributed by atoms with Gasteiger partial charge in [-0.05, 0) is 68.0 Å². The number of carbonyl (C=O) groups excluding carboxylic acids is 2. The minimum atomic E-state index is -1.35. The number of hydrogen-bond donors (Lipinski definition) is 2. The molecule has 12 nitrogen and oxygen atoms in total. The fourth-order valence-electron chi connectivity index (χ4n) is 4.95. The summed E-state index contributed by atoms with van der Waals surface area (Å²) >= 11 is -1.35. The van der Waals surface area contributed by atoms with Crippen molar-refractivity contribution in [3.8, 4) is 17.4 Å². The topological polar surface area (TPSA) is 141 Å². The minimum Gasteiger partial charge on any atom is -0.593 e. The van der Waals surface area contributed by atoms with Crippen LogP contribution < -0.4 is 24.4 Å². The predicted octanol–water partition coefficient (Wildman–Crippen LogP) is 6.15. The molecular formula is C34H46N6O6S. The van der Waals surface area contributed by atoms with Crippen LogP contribution in [0.25, 0.3) is 0 Å². The number of aryl methyl sites for hydroxylation is 1. The molecule has 1 saturated heterocycles. The number of carbonyl (C=O) groups is 2. The van der Waals surface area contributed by atoms with Crippen LogP contribution in [0.2, 0.25) is 0 Å². The number of benzene rings is 2. The van der Waals surface area contributed by atoms with E-state index in [0.29, 0.717) is 72.9 Å². The molecule has 1 fully saturated rings. The highest BCUT2D eigenvalue weighted by Gasteiger charge is 2.27. The first-order valence-electron chi connectivity index (χ1n) is 15.6. The summed E-state index contributed by atoms with van der Waals surface area (Å²) in [6.07, 6.45) is 3.50. The Balaban J connectivity index is 1.53. The minimum absolute atomic E-state index is 0.247. The third kappa shape index (κ3) is 9.41. The van der Waals surface area contributed by atoms with E-state index in [0.717, 1.165) is 11.1 Å². The van der Waals surface area contributed by atoms with Crippen molar-refractivity contribution in [2.45, 2.75) is 65.9 Å². The molecule has 2 aromatic carbocycles. The van der Waals surface area contributed by atoms with Crippen LogP contribution in [0.3, 0.4) is 0 Å². The van der Waals surface area contributed by atoms with Gasteiger partial charge < -0.3 is 33.9 Å². The van der Waals surface area contributed by atoms with Gasteiger partial charge in [-0.15, -0.1) is 0 Å². The van der Waals surface area contributed by atoms with Crippen LogP contribution in [0.15, 0.2) is 42.6 Å². The van der Waals surface area contributed by atoms with Gasteiger partial charge in [0.2, 0.25) is 11.8 Å². The van der Waals surface area contributed by atoms with Gasteiger partial charge in [0, 0.05) is 44.0 Å². The van der Waals surface area contributed by atoms with E-state index >= 15 is 0 Å². The number of methoxy groups -OCH3 is 1. The summed E-state index contributed by atoms with van der Waals surface area (Å²) in [5.74, 6) is 1.33. The van der Waals surface area contributed by atoms with Gasteiger partial charge in [0.1, 0.15) is 23.3 Å². The van der Waals surface area contributed by atoms with Gasteiger partial charge in [0.05, 0.1) is 24.2 Å². The van der Waals surface area contributed by atoms with E-state index in [1.54, 1.807) is 29.3 Å². The van der Waals surface area contributed by atoms with Gasteiger partial charge in [-0.25, -0.2) is 14.5 Å². The van der Waals surface area contributed by atoms with Crippen molar-refractivity contribution in [3.05, 3.63) is 59.3 Å². The smallest absolute Gasteiger partial charge is 0.410 e. The molecule has 13 heteroatoms. The lowest BCUT2D eigenvalue weighted by Gasteiger charge is -2.35. The van der Waals surface area contributed by atoms with Crippen LogP contribution in [0, 0.1) is 0 Å². The van der Waals surface area contributed by atoms with E-state index in [4.69, 9.17) is 14.2 Å². The summed E-state index contributed by atoms with van der Waals surface area (Å²) in [6.45, 7) is 15.8. The first-order valence-corrected chi connectivity index (χ1v) is 17.1. The maximum Gasteiger partial charge on any atom is 0.410 e. The summed E-state index contributed by atoms with van der Waals surface area (Å²) in [5, 5.41) is 2.98. The standard InChI is InChI=1S/C34H46N6O6S/c1-10-22-11-12-23(30(41)36-25-20-24(33(2,3)4)21-26(29(25)44-8)38-47(9)43)19-27(22)45-28-13-14-35-31(37-28)39-15-17-40(18-16-39)32(42)46-34(5,6)7/h11-14,19-21,38H,10,15-18H2,1-9H3,(H,36,41). The van der Waals surface area contributed by atoms with Crippen molar-refractivity contribution in [1.29, 1.82) is 0 Å². The van der Waals surface area contributed by atoms with Crippen molar-refractivity contribution in [1.82, 2.24) is 14.9 Å². The Labute approximate surface area is 280 Å². The van der Waals surface area contributed by atoms with Crippen molar-refractivity contribution < 1.29 is 28.4 Å². The molecule has 2 heterocycles. The first kappa shape index (κ1) is 35.6. The van der Waals surface area contributed by atoms with Gasteiger partial charge in [0.25, 0.3) is 5.91 Å². The van der Waals surface area contributed by atoms with E-state index in [1.807, 2.05) is 50.8 Å². The number of anilines is 3. The second-order valence-electron chi connectivity index (χ2n) is 13.3. The number of amides is 2. The molecule has 0 bridgehead atoms. The predicted molar refractivity (Wildman–Crippen MR) is 185 cm³/mol. The Hall–Kier alpha value is -4.23. The highest BCUT2D eigenvalue weighted by Crippen LogP contribution is 2.39. The highest BCUT2D eigenvalue weighted by molar-refractivity contribution is 7.92. The second-order valence-corrected chi connectivity index (χ2v) is 14.4. The van der Waals surface area contributed by atoms with Gasteiger partial charge in [0.15, 0.2) is 5.75 Å². The van der Waals surface area contributed by atoms with Crippen LogP contribution in [0.1, 0.15) is 70.0 Å². The Morgan fingerprint density at radius 2 is 1.68 bits per heavy atom. The molecule has 4 rings (SSSR count). The maximum absolute atomic E-state index is 13.6. The third-order valence-corrected chi connectivity index (χ3v) is 7.92. The van der Waals surface area contributed by atoms with Crippen LogP contribution in [0.5, 0.6) is 17.4 Å². The van der Waals surface area contributed by atoms with Gasteiger partial charge in [-0.3, -0.25) is 4.79 Å². The lowest BCUT2D eigenvalue weighted by Crippen LogP contribution is -2.50. The van der Waals surface area contributed by atoms with Crippen LogP contribution in [0.4, 0.5) is 22.1 Å². The normalized spacial score (nSPS) is 14.3. The number of piperazine rings is 1. The van der Waals surface area contributed by atoms with Crippen LogP contribution in [-0.2, 0) is 27.9 Å². The van der Waals surface area contributed by atoms with Gasteiger partial charge in [-0.2, -0.15) is 4.98 Å². The highest BCUT2D eigenvalue weighted by atomic mass is 32.2. The molecule has 1 aliphatic heterocycles. The molecule has 254 valence electrons. The molecule has 47 heavy (non-hydrogen) atoms. The monoisotopic (exact) mass is 666 g/mol. The summed E-state index contributed by atoms with van der Waals surface area (Å²) < 4.78 is 32.4. The molecule has 0 saturated carbocycles. The van der Waals surface area contributed by atoms with E-state index in [2.05, 4.69) is 40.8 Å². The maximum atomic E-state index is 13.6. The Morgan fingerprint density at radius 3 is 2.28 bits per heavy atom. The SMILES string of the molecule is CCc1ccc(C(=O)Nc2cc(C(C)(C)C)cc(N[S+](C)[O-])c2OC)cc1Oc1ccnc(N2CCN(C(=O)OC(C)(C)C)CC2)n1. The van der Waals surface area contributed by atoms with Crippen molar-refractivity contribution in [2.24, 2.45) is 0 Å². The lowest BCUT2D eigenvalue weighted by molar-refractivity contribution is 0.0240. The zero-order chi connectivity index (χ0) is 34.5. The summed E-state index contributed by atoms with van der Waals surface area (Å²) in [6, 6.07) is 10.7. The molecule has 1 aliphatic rings. The van der Waals surface area contributed by atoms with Crippen molar-refractivity contribution in [2.75, 3.05) is 54.5 Å². The number of hydrogen-bond acceptors (Lipinski definition) is 10. The summed E-state index contributed by atoms with van der Waals surface area (Å²) in [5.41, 5.74) is 2.37. The molecule has 2 N–H and O–H groups in total. The number of rotatable bonds is 9. The molecule has 3 aromatic rings. The first-order chi connectivity index (χ1) is 22.1. The van der Waals surface area contributed by atoms with Gasteiger partial charge >= 0.3 is 6.09 Å². The lowest BCUT2D eigenvalue weighted by atomic mass is 9.86. The average Bonchev–Trinajstić information content (AvgIpc) is 2.99. The molecule has 1 unspecified atom stereocenters. The third-order valence-electron chi connectivity index (χ3n) is 7.42. The Bertz CT molecular complexity index is 1580. The largest absolute Gasteiger partial charge is 0.593 e. The van der Waals surface area contributed by atoms with E-state index < -0.39 is 17.0 Å². The zero-order valence-corrected chi connectivity index (χ0v) is 29.5. The fourth-order valence-corrected chi connectivity index (χ4v) is 5.41. The molecule has 1 aromatic heterocycles. The molecule has 2 amide bonds. The van der Waals surface area contributed by atoms with Crippen molar-refractivity contribution >= 4 is 40.7 Å². The zero-order valence-electron chi connectivity index (χ0n) is 28.7. The summed E-state index contributed by atoms with van der Waals surface area (Å²) in [4.78, 5) is 38.8. The van der Waals surface area contributed by atoms with Crippen LogP contribution in [-0.4, -0.2) is 76.6 Å². The molecule has 0 radical (unpaired) electrons. The van der Waals surface area contributed by atoms with E-state index in [1.165, 1.54) is 13.4 Å². The number of nitrogens with one attached hydrogen (secondary N) is 2. The fraction of sp³-hybridized carbons (Fsp3) is 0.471. The van der Waals surface area contributed by atoms with Gasteiger partial charge in [-0.1, -0.05) is 33.8 Å². The average molecular weight is 667 g/mol. The number of aromatic nitrogens is 2. The van der Waals surface area contributed by atoms with Crippen LogP contribution >= 0.6 is 0 Å². The molecule has 0 spiro atoms. The quantitative estimate of drug-likeness (QED) is 0.255. The van der Waals surface area contributed by atoms with Crippen molar-refractivity contribution in [3.63, 3.8) is 0 Å². The summed E-state index contributed by atoms with van der Waals surface area (Å²) in [7, 11) is 1.50. The Morgan fingerprint density at radius 1 is 1.00 bits per heavy atom.